The molecule has 1 atom stereocenters. The molecule has 0 saturated heterocycles. The first-order valence-electron chi connectivity index (χ1n) is 5.30. The van der Waals surface area contributed by atoms with Crippen molar-refractivity contribution in [2.24, 2.45) is 0 Å². The van der Waals surface area contributed by atoms with Crippen LogP contribution >= 0.6 is 0 Å². The molecule has 0 bridgehead atoms. The van der Waals surface area contributed by atoms with Gasteiger partial charge >= 0.3 is 0 Å². The predicted molar refractivity (Wildman–Crippen MR) is 77.5 cm³/mol. The van der Waals surface area contributed by atoms with Crippen LogP contribution in [-0.2, 0) is 21.0 Å². The first-order valence-corrected chi connectivity index (χ1v) is 9.09. The summed E-state index contributed by atoms with van der Waals surface area (Å²) in [6, 6.07) is 0. The van der Waals surface area contributed by atoms with Crippen LogP contribution in [-0.4, -0.2) is 37.0 Å². The van der Waals surface area contributed by atoms with E-state index in [9.17, 15) is 0 Å². The Morgan fingerprint density at radius 1 is 1.35 bits per heavy atom. The third-order valence-corrected chi connectivity index (χ3v) is 3.29. The molecular formula is C12H24O3S2. The highest BCUT2D eigenvalue weighted by Crippen LogP contribution is 2.03. The maximum atomic E-state index is 9.08. The molecule has 0 aliphatic rings. The van der Waals surface area contributed by atoms with Crippen LogP contribution in [0.1, 0.15) is 27.2 Å². The summed E-state index contributed by atoms with van der Waals surface area (Å²) in [6.07, 6.45) is 6.47. The quantitative estimate of drug-likeness (QED) is 0.441. The Morgan fingerprint density at radius 2 is 1.76 bits per heavy atom. The van der Waals surface area contributed by atoms with Crippen molar-refractivity contribution < 1.29 is 13.0 Å². The Bertz CT molecular complexity index is 331. The van der Waals surface area contributed by atoms with Crippen molar-refractivity contribution in [2.75, 3.05) is 24.0 Å². The molecule has 102 valence electrons. The Hall–Kier alpha value is -0.260. The van der Waals surface area contributed by atoms with Crippen molar-refractivity contribution in [1.29, 1.82) is 0 Å². The summed E-state index contributed by atoms with van der Waals surface area (Å²) < 4.78 is 27.2. The predicted octanol–water partition coefficient (Wildman–Crippen LogP) is 2.33. The molecule has 0 spiro atoms. The Balaban J connectivity index is 0. The van der Waals surface area contributed by atoms with Crippen LogP contribution in [0.2, 0.25) is 0 Å². The monoisotopic (exact) mass is 280 g/mol. The normalized spacial score (nSPS) is 12.1. The maximum Gasteiger partial charge on any atom is 0.126 e. The average Bonchev–Trinajstić information content (AvgIpc) is 2.08. The van der Waals surface area contributed by atoms with E-state index < -0.39 is 10.1 Å². The first kappa shape index (κ1) is 19.1. The van der Waals surface area contributed by atoms with E-state index in [4.69, 9.17) is 13.0 Å². The molecule has 0 N–H and O–H groups in total. The van der Waals surface area contributed by atoms with Gasteiger partial charge < -0.3 is 4.55 Å². The van der Waals surface area contributed by atoms with Crippen molar-refractivity contribution in [1.82, 2.24) is 0 Å². The lowest BCUT2D eigenvalue weighted by Gasteiger charge is -2.00. The summed E-state index contributed by atoms with van der Waals surface area (Å²) in [5, 5.41) is 0. The van der Waals surface area contributed by atoms with Crippen molar-refractivity contribution in [3.63, 3.8) is 0 Å². The van der Waals surface area contributed by atoms with Crippen LogP contribution in [0.4, 0.5) is 0 Å². The smallest absolute Gasteiger partial charge is 0.126 e. The third kappa shape index (κ3) is 31.3. The van der Waals surface area contributed by atoms with Crippen molar-refractivity contribution in [3.05, 3.63) is 23.8 Å². The standard InChI is InChI=1S/C11H21S.CH4O3S/c1-10(2)6-8-12(5)9-7-11(3)4;1-5(2,3)4/h7H,1,6,8-9H2,2-5H3;1H3,(H,2,3,4)/q+1;/p-1. The molecule has 3 nitrogen and oxygen atoms in total. The van der Waals surface area contributed by atoms with Crippen molar-refractivity contribution in [2.45, 2.75) is 27.2 Å². The molecule has 0 aliphatic heterocycles. The Morgan fingerprint density at radius 3 is 2.06 bits per heavy atom. The highest BCUT2D eigenvalue weighted by molar-refractivity contribution is 7.96. The largest absolute Gasteiger partial charge is 0.748 e. The molecule has 0 radical (unpaired) electrons. The van der Waals surface area contributed by atoms with E-state index in [0.717, 1.165) is 0 Å². The van der Waals surface area contributed by atoms with Gasteiger partial charge in [0, 0.05) is 12.7 Å². The molecule has 17 heavy (non-hydrogen) atoms. The van der Waals surface area contributed by atoms with Gasteiger partial charge in [0.2, 0.25) is 0 Å². The molecule has 0 saturated carbocycles. The average molecular weight is 280 g/mol. The van der Waals surface area contributed by atoms with E-state index in [1.807, 2.05) is 0 Å². The molecule has 0 aromatic heterocycles. The van der Waals surface area contributed by atoms with E-state index >= 15 is 0 Å². The summed E-state index contributed by atoms with van der Waals surface area (Å²) in [5.74, 6) is 2.55. The maximum absolute atomic E-state index is 9.08. The lowest BCUT2D eigenvalue weighted by atomic mass is 10.3. The second-order valence-corrected chi connectivity index (χ2v) is 8.06. The van der Waals surface area contributed by atoms with Crippen LogP contribution in [0.3, 0.4) is 0 Å². The van der Waals surface area contributed by atoms with Crippen molar-refractivity contribution in [3.8, 4) is 0 Å². The number of allylic oxidation sites excluding steroid dienone is 2. The summed E-state index contributed by atoms with van der Waals surface area (Å²) in [4.78, 5) is 0. The Kier molecular flexibility index (Phi) is 10.9. The van der Waals surface area contributed by atoms with Gasteiger partial charge in [0.15, 0.2) is 0 Å². The summed E-state index contributed by atoms with van der Waals surface area (Å²) >= 11 is 0. The lowest BCUT2D eigenvalue weighted by molar-refractivity contribution is 0.470. The minimum atomic E-state index is -3.92. The summed E-state index contributed by atoms with van der Waals surface area (Å²) in [7, 11) is -3.37. The fraction of sp³-hybridized carbons (Fsp3) is 0.667. The molecule has 0 aromatic rings. The summed E-state index contributed by atoms with van der Waals surface area (Å²) in [6.45, 7) is 10.3. The van der Waals surface area contributed by atoms with Gasteiger partial charge in [-0.05, 0) is 37.7 Å². The minimum absolute atomic E-state index is 0.552. The van der Waals surface area contributed by atoms with Crippen LogP contribution in [0.15, 0.2) is 23.8 Å². The van der Waals surface area contributed by atoms with Gasteiger partial charge in [0.25, 0.3) is 0 Å². The van der Waals surface area contributed by atoms with E-state index in [1.54, 1.807) is 0 Å². The summed E-state index contributed by atoms with van der Waals surface area (Å²) in [5.41, 5.74) is 2.75. The van der Waals surface area contributed by atoms with Crippen LogP contribution in [0, 0.1) is 0 Å². The highest BCUT2D eigenvalue weighted by Gasteiger charge is 2.07. The SMILES string of the molecule is C=C(C)CC[S+](C)CC=C(C)C.CS(=O)(=O)[O-]. The van der Waals surface area contributed by atoms with E-state index in [1.165, 1.54) is 29.1 Å². The lowest BCUT2D eigenvalue weighted by Crippen LogP contribution is -2.08. The molecule has 0 aromatic carbocycles. The van der Waals surface area contributed by atoms with Gasteiger partial charge in [-0.3, -0.25) is 0 Å². The van der Waals surface area contributed by atoms with Gasteiger partial charge in [-0.1, -0.05) is 17.7 Å². The molecule has 1 unspecified atom stereocenters. The topological polar surface area (TPSA) is 57.2 Å². The van der Waals surface area contributed by atoms with Gasteiger partial charge in [0.1, 0.15) is 11.5 Å². The Labute approximate surface area is 109 Å². The fourth-order valence-corrected chi connectivity index (χ4v) is 2.22. The molecule has 0 aliphatic carbocycles. The second-order valence-electron chi connectivity index (χ2n) is 4.34. The van der Waals surface area contributed by atoms with Crippen LogP contribution in [0.25, 0.3) is 0 Å². The van der Waals surface area contributed by atoms with Crippen LogP contribution in [0.5, 0.6) is 0 Å². The van der Waals surface area contributed by atoms with Gasteiger partial charge in [-0.2, -0.15) is 0 Å². The molecule has 0 fully saturated rings. The zero-order valence-electron chi connectivity index (χ0n) is 11.4. The molecule has 0 amide bonds. The van der Waals surface area contributed by atoms with Gasteiger partial charge in [0.05, 0.1) is 16.4 Å². The molecule has 5 heteroatoms. The highest BCUT2D eigenvalue weighted by atomic mass is 32.2. The van der Waals surface area contributed by atoms with E-state index in [2.05, 4.69) is 39.7 Å². The molecule has 0 rings (SSSR count). The van der Waals surface area contributed by atoms with E-state index in [0.29, 0.717) is 17.2 Å². The number of hydrogen-bond acceptors (Lipinski definition) is 3. The minimum Gasteiger partial charge on any atom is -0.748 e. The zero-order chi connectivity index (χ0) is 14.1. The third-order valence-electron chi connectivity index (χ3n) is 1.65. The fourth-order valence-electron chi connectivity index (χ4n) is 0.741. The first-order chi connectivity index (χ1) is 7.52. The number of hydrogen-bond donors (Lipinski definition) is 0. The zero-order valence-corrected chi connectivity index (χ0v) is 13.1. The van der Waals surface area contributed by atoms with Crippen LogP contribution < -0.4 is 0 Å². The second kappa shape index (κ2) is 9.74. The van der Waals surface area contributed by atoms with Gasteiger partial charge in [-0.15, -0.1) is 0 Å². The molecule has 0 heterocycles. The van der Waals surface area contributed by atoms with Gasteiger partial charge in [-0.25, -0.2) is 8.42 Å². The van der Waals surface area contributed by atoms with Crippen molar-refractivity contribution >= 4 is 21.0 Å². The molecular weight excluding hydrogens is 256 g/mol. The number of rotatable bonds is 5. The van der Waals surface area contributed by atoms with E-state index in [-0.39, 0.29) is 0 Å².